The Labute approximate surface area is 87.3 Å². The molecule has 0 unspecified atom stereocenters. The van der Waals surface area contributed by atoms with Crippen molar-refractivity contribution < 1.29 is 0 Å². The van der Waals surface area contributed by atoms with Gasteiger partial charge in [0.25, 0.3) is 0 Å². The van der Waals surface area contributed by atoms with E-state index < -0.39 is 0 Å². The van der Waals surface area contributed by atoms with Crippen LogP contribution in [0.25, 0.3) is 0 Å². The van der Waals surface area contributed by atoms with Crippen LogP contribution >= 0.6 is 11.8 Å². The molecule has 0 aromatic rings. The van der Waals surface area contributed by atoms with Crippen molar-refractivity contribution in [2.45, 2.75) is 57.1 Å². The highest BCUT2D eigenvalue weighted by atomic mass is 32.2. The standard InChI is InChI=1S/C11H23NS/c1-10(2,3)12-7-9(8-12)13-11(4,5)6/h9H,7-8H2,1-6H3. The van der Waals surface area contributed by atoms with E-state index in [1.807, 2.05) is 0 Å². The zero-order valence-corrected chi connectivity index (χ0v) is 10.7. The summed E-state index contributed by atoms with van der Waals surface area (Å²) < 4.78 is 0.425. The second kappa shape index (κ2) is 3.47. The highest BCUT2D eigenvalue weighted by molar-refractivity contribution is 8.01. The first kappa shape index (κ1) is 11.4. The third kappa shape index (κ3) is 3.51. The maximum absolute atomic E-state index is 2.55. The highest BCUT2D eigenvalue weighted by Crippen LogP contribution is 2.35. The lowest BCUT2D eigenvalue weighted by Gasteiger charge is -2.48. The van der Waals surface area contributed by atoms with Gasteiger partial charge >= 0.3 is 0 Å². The summed E-state index contributed by atoms with van der Waals surface area (Å²) in [6.07, 6.45) is 0. The van der Waals surface area contributed by atoms with Gasteiger partial charge in [-0.2, -0.15) is 0 Å². The topological polar surface area (TPSA) is 3.24 Å². The second-order valence-electron chi connectivity index (χ2n) is 5.93. The molecule has 78 valence electrons. The van der Waals surface area contributed by atoms with Crippen LogP contribution in [-0.2, 0) is 0 Å². The van der Waals surface area contributed by atoms with E-state index in [2.05, 4.69) is 58.2 Å². The molecule has 1 fully saturated rings. The number of thioether (sulfide) groups is 1. The monoisotopic (exact) mass is 201 g/mol. The molecule has 0 saturated carbocycles. The van der Waals surface area contributed by atoms with Gasteiger partial charge in [0.1, 0.15) is 0 Å². The van der Waals surface area contributed by atoms with Crippen LogP contribution in [0.1, 0.15) is 41.5 Å². The van der Waals surface area contributed by atoms with E-state index in [4.69, 9.17) is 0 Å². The molecule has 0 N–H and O–H groups in total. The normalized spacial score (nSPS) is 21.7. The van der Waals surface area contributed by atoms with Gasteiger partial charge in [0.2, 0.25) is 0 Å². The minimum atomic E-state index is 0.370. The van der Waals surface area contributed by atoms with Crippen LogP contribution < -0.4 is 0 Å². The van der Waals surface area contributed by atoms with E-state index in [0.717, 1.165) is 5.25 Å². The molecule has 13 heavy (non-hydrogen) atoms. The van der Waals surface area contributed by atoms with Gasteiger partial charge in [0.05, 0.1) is 0 Å². The number of rotatable bonds is 1. The summed E-state index contributed by atoms with van der Waals surface area (Å²) in [5, 5.41) is 0.860. The zero-order valence-electron chi connectivity index (χ0n) is 9.85. The average molecular weight is 201 g/mol. The molecule has 1 rings (SSSR count). The molecule has 0 amide bonds. The van der Waals surface area contributed by atoms with Crippen molar-refractivity contribution in [3.63, 3.8) is 0 Å². The van der Waals surface area contributed by atoms with E-state index in [9.17, 15) is 0 Å². The van der Waals surface area contributed by atoms with Crippen molar-refractivity contribution in [1.29, 1.82) is 0 Å². The Balaban J connectivity index is 2.27. The quantitative estimate of drug-likeness (QED) is 0.641. The second-order valence-corrected chi connectivity index (χ2v) is 8.06. The molecule has 1 nitrogen and oxygen atoms in total. The average Bonchev–Trinajstić information content (AvgIpc) is 1.71. The van der Waals surface area contributed by atoms with Crippen molar-refractivity contribution in [2.24, 2.45) is 0 Å². The summed E-state index contributed by atoms with van der Waals surface area (Å²) in [6, 6.07) is 0. The summed E-state index contributed by atoms with van der Waals surface area (Å²) in [5.74, 6) is 0. The van der Waals surface area contributed by atoms with Gasteiger partial charge in [-0.25, -0.2) is 0 Å². The number of nitrogens with zero attached hydrogens (tertiary/aromatic N) is 1. The van der Waals surface area contributed by atoms with E-state index in [-0.39, 0.29) is 0 Å². The highest BCUT2D eigenvalue weighted by Gasteiger charge is 2.36. The first-order chi connectivity index (χ1) is 5.68. The Morgan fingerprint density at radius 2 is 1.46 bits per heavy atom. The first-order valence-electron chi connectivity index (χ1n) is 5.11. The molecule has 0 aromatic heterocycles. The van der Waals surface area contributed by atoms with Crippen LogP contribution in [0.2, 0.25) is 0 Å². The Bertz CT molecular complexity index is 170. The zero-order chi connectivity index (χ0) is 10.3. The molecule has 0 spiro atoms. The lowest BCUT2D eigenvalue weighted by molar-refractivity contribution is 0.0750. The van der Waals surface area contributed by atoms with Gasteiger partial charge in [-0.05, 0) is 20.8 Å². The van der Waals surface area contributed by atoms with E-state index >= 15 is 0 Å². The molecule has 1 heterocycles. The molecular formula is C11H23NS. The third-order valence-electron chi connectivity index (χ3n) is 2.32. The maximum Gasteiger partial charge on any atom is 0.0307 e. The van der Waals surface area contributed by atoms with Gasteiger partial charge in [0.15, 0.2) is 0 Å². The van der Waals surface area contributed by atoms with Gasteiger partial charge in [-0.3, -0.25) is 4.90 Å². The largest absolute Gasteiger partial charge is 0.296 e. The Kier molecular flexibility index (Phi) is 3.04. The van der Waals surface area contributed by atoms with Crippen molar-refractivity contribution >= 4 is 11.8 Å². The van der Waals surface area contributed by atoms with Crippen molar-refractivity contribution in [2.75, 3.05) is 13.1 Å². The Morgan fingerprint density at radius 1 is 1.00 bits per heavy atom. The molecule has 1 aliphatic heterocycles. The Morgan fingerprint density at radius 3 is 1.77 bits per heavy atom. The third-order valence-corrected chi connectivity index (χ3v) is 3.66. The lowest BCUT2D eigenvalue weighted by atomic mass is 10.0. The predicted molar refractivity (Wildman–Crippen MR) is 62.5 cm³/mol. The van der Waals surface area contributed by atoms with Gasteiger partial charge in [-0.1, -0.05) is 20.8 Å². The molecule has 1 aliphatic rings. The van der Waals surface area contributed by atoms with Crippen LogP contribution in [0.4, 0.5) is 0 Å². The number of hydrogen-bond acceptors (Lipinski definition) is 2. The van der Waals surface area contributed by atoms with Gasteiger partial charge in [0, 0.05) is 28.6 Å². The van der Waals surface area contributed by atoms with Gasteiger partial charge in [-0.15, -0.1) is 11.8 Å². The Hall–Kier alpha value is 0.310. The fourth-order valence-electron chi connectivity index (χ4n) is 1.56. The van der Waals surface area contributed by atoms with Crippen LogP contribution in [-0.4, -0.2) is 33.5 Å². The van der Waals surface area contributed by atoms with Crippen molar-refractivity contribution in [3.8, 4) is 0 Å². The fourth-order valence-corrected chi connectivity index (χ4v) is 3.07. The van der Waals surface area contributed by atoms with Crippen molar-refractivity contribution in [1.82, 2.24) is 4.90 Å². The molecule has 0 aliphatic carbocycles. The van der Waals surface area contributed by atoms with Crippen LogP contribution in [0.15, 0.2) is 0 Å². The maximum atomic E-state index is 2.55. The van der Waals surface area contributed by atoms with Gasteiger partial charge < -0.3 is 0 Å². The molecule has 1 saturated heterocycles. The van der Waals surface area contributed by atoms with Crippen LogP contribution in [0.3, 0.4) is 0 Å². The van der Waals surface area contributed by atoms with E-state index in [1.165, 1.54) is 13.1 Å². The van der Waals surface area contributed by atoms with Crippen molar-refractivity contribution in [3.05, 3.63) is 0 Å². The van der Waals surface area contributed by atoms with E-state index in [1.54, 1.807) is 0 Å². The lowest BCUT2D eigenvalue weighted by Crippen LogP contribution is -2.58. The minimum absolute atomic E-state index is 0.370. The molecular weight excluding hydrogens is 178 g/mol. The predicted octanol–water partition coefficient (Wildman–Crippen LogP) is 3.00. The minimum Gasteiger partial charge on any atom is -0.296 e. The molecule has 2 heteroatoms. The molecule has 0 bridgehead atoms. The first-order valence-corrected chi connectivity index (χ1v) is 5.99. The summed E-state index contributed by atoms with van der Waals surface area (Å²) in [4.78, 5) is 2.55. The SMILES string of the molecule is CC(C)(C)SC1CN(C(C)(C)C)C1. The smallest absolute Gasteiger partial charge is 0.0307 e. The summed E-state index contributed by atoms with van der Waals surface area (Å²) >= 11 is 2.12. The molecule has 0 radical (unpaired) electrons. The summed E-state index contributed by atoms with van der Waals surface area (Å²) in [7, 11) is 0. The summed E-state index contributed by atoms with van der Waals surface area (Å²) in [6.45, 7) is 16.3. The number of hydrogen-bond donors (Lipinski definition) is 0. The number of likely N-dealkylation sites (tertiary alicyclic amines) is 1. The molecule has 0 atom stereocenters. The van der Waals surface area contributed by atoms with Crippen LogP contribution in [0, 0.1) is 0 Å². The fraction of sp³-hybridized carbons (Fsp3) is 1.00. The molecule has 0 aromatic carbocycles. The summed E-state index contributed by atoms with van der Waals surface area (Å²) in [5.41, 5.74) is 0.370. The van der Waals surface area contributed by atoms with E-state index in [0.29, 0.717) is 10.3 Å². The van der Waals surface area contributed by atoms with Crippen LogP contribution in [0.5, 0.6) is 0 Å².